The number of tetrazole rings is 1. The van der Waals surface area contributed by atoms with Crippen molar-refractivity contribution in [1.29, 1.82) is 0 Å². The molecule has 116 valence electrons. The van der Waals surface area contributed by atoms with Gasteiger partial charge in [0.1, 0.15) is 0 Å². The largest absolute Gasteiger partial charge is 0.351 e. The fraction of sp³-hybridized carbons (Fsp3) is 0.533. The lowest BCUT2D eigenvalue weighted by Gasteiger charge is -2.13. The average Bonchev–Trinajstić information content (AvgIpc) is 2.87. The Morgan fingerprint density at radius 2 is 2.27 bits per heavy atom. The van der Waals surface area contributed by atoms with Gasteiger partial charge in [0.25, 0.3) is 0 Å². The van der Waals surface area contributed by atoms with Gasteiger partial charge in [0.15, 0.2) is 5.82 Å². The zero-order chi connectivity index (χ0) is 15.5. The van der Waals surface area contributed by atoms with Crippen LogP contribution in [0, 0.1) is 13.8 Å². The van der Waals surface area contributed by atoms with Crippen LogP contribution in [0.25, 0.3) is 0 Å². The number of fused-ring (bicyclic) bond motifs is 1. The van der Waals surface area contributed by atoms with Gasteiger partial charge in [0.2, 0.25) is 5.91 Å². The third kappa shape index (κ3) is 2.98. The molecular formula is C15H20N6O. The van der Waals surface area contributed by atoms with Crippen molar-refractivity contribution in [1.82, 2.24) is 30.5 Å². The van der Waals surface area contributed by atoms with Crippen molar-refractivity contribution in [2.24, 2.45) is 0 Å². The molecule has 22 heavy (non-hydrogen) atoms. The Labute approximate surface area is 129 Å². The molecule has 0 spiro atoms. The Hall–Kier alpha value is -2.31. The summed E-state index contributed by atoms with van der Waals surface area (Å²) in [6, 6.07) is 2.06. The van der Waals surface area contributed by atoms with E-state index < -0.39 is 0 Å². The van der Waals surface area contributed by atoms with E-state index in [2.05, 4.69) is 31.9 Å². The molecule has 1 aliphatic heterocycles. The van der Waals surface area contributed by atoms with Crippen molar-refractivity contribution in [2.75, 3.05) is 0 Å². The van der Waals surface area contributed by atoms with Crippen molar-refractivity contribution in [3.63, 3.8) is 0 Å². The highest BCUT2D eigenvalue weighted by molar-refractivity contribution is 5.82. The number of aromatic nitrogens is 5. The number of amides is 1. The molecule has 0 fully saturated rings. The fourth-order valence-corrected chi connectivity index (χ4v) is 2.72. The molecule has 1 N–H and O–H groups in total. The smallest absolute Gasteiger partial charge is 0.231 e. The number of nitrogens with one attached hydrogen (secondary N) is 1. The minimum absolute atomic E-state index is 0.0174. The first kappa shape index (κ1) is 14.6. The number of pyridine rings is 1. The lowest BCUT2D eigenvalue weighted by molar-refractivity contribution is -0.123. The standard InChI is InChI=1S/C15H20N6O/c1-10-7-12(8-16-11(10)2)9-17-15(22)13-5-3-4-6-21-14(13)18-19-20-21/h7-8,13H,3-6,9H2,1-2H3,(H,17,22). The van der Waals surface area contributed by atoms with Crippen LogP contribution in [0.15, 0.2) is 12.3 Å². The van der Waals surface area contributed by atoms with E-state index in [4.69, 9.17) is 0 Å². The van der Waals surface area contributed by atoms with Crippen molar-refractivity contribution in [3.8, 4) is 0 Å². The molecule has 0 bridgehead atoms. The van der Waals surface area contributed by atoms with Gasteiger partial charge >= 0.3 is 0 Å². The molecular weight excluding hydrogens is 280 g/mol. The Kier molecular flexibility index (Phi) is 4.13. The Bertz CT molecular complexity index is 680. The van der Waals surface area contributed by atoms with Crippen LogP contribution in [0.4, 0.5) is 0 Å². The van der Waals surface area contributed by atoms with Crippen LogP contribution in [0.1, 0.15) is 47.8 Å². The highest BCUT2D eigenvalue weighted by Crippen LogP contribution is 2.24. The van der Waals surface area contributed by atoms with E-state index in [-0.39, 0.29) is 11.8 Å². The minimum atomic E-state index is -0.267. The van der Waals surface area contributed by atoms with E-state index in [0.717, 1.165) is 42.6 Å². The van der Waals surface area contributed by atoms with Gasteiger partial charge in [-0.2, -0.15) is 0 Å². The molecule has 1 unspecified atom stereocenters. The molecule has 0 aliphatic carbocycles. The van der Waals surface area contributed by atoms with Gasteiger partial charge in [-0.05, 0) is 48.2 Å². The van der Waals surface area contributed by atoms with Crippen LogP contribution in [-0.4, -0.2) is 31.1 Å². The first-order valence-electron chi connectivity index (χ1n) is 7.61. The lowest BCUT2D eigenvalue weighted by atomic mass is 10.0. The van der Waals surface area contributed by atoms with Crippen LogP contribution < -0.4 is 5.32 Å². The van der Waals surface area contributed by atoms with Crippen LogP contribution in [0.5, 0.6) is 0 Å². The second kappa shape index (κ2) is 6.21. The normalized spacial score (nSPS) is 17.6. The molecule has 0 saturated carbocycles. The number of aryl methyl sites for hydroxylation is 3. The summed E-state index contributed by atoms with van der Waals surface area (Å²) in [5.41, 5.74) is 3.15. The number of carbonyl (C=O) groups excluding carboxylic acids is 1. The van der Waals surface area contributed by atoms with Crippen molar-refractivity contribution in [3.05, 3.63) is 34.9 Å². The van der Waals surface area contributed by atoms with Gasteiger partial charge in [-0.15, -0.1) is 5.10 Å². The monoisotopic (exact) mass is 300 g/mol. The summed E-state index contributed by atoms with van der Waals surface area (Å²) in [6.45, 7) is 5.26. The number of hydrogen-bond donors (Lipinski definition) is 1. The second-order valence-corrected chi connectivity index (χ2v) is 5.77. The van der Waals surface area contributed by atoms with Gasteiger partial charge in [-0.1, -0.05) is 12.5 Å². The molecule has 1 amide bonds. The zero-order valence-corrected chi connectivity index (χ0v) is 12.9. The number of nitrogens with zero attached hydrogens (tertiary/aromatic N) is 5. The van der Waals surface area contributed by atoms with Crippen LogP contribution >= 0.6 is 0 Å². The first-order chi connectivity index (χ1) is 10.6. The second-order valence-electron chi connectivity index (χ2n) is 5.77. The van der Waals surface area contributed by atoms with Crippen molar-refractivity contribution in [2.45, 2.75) is 52.1 Å². The molecule has 7 heteroatoms. The van der Waals surface area contributed by atoms with Gasteiger partial charge in [0, 0.05) is 25.0 Å². The quantitative estimate of drug-likeness (QED) is 0.922. The molecule has 7 nitrogen and oxygen atoms in total. The zero-order valence-electron chi connectivity index (χ0n) is 12.9. The maximum atomic E-state index is 12.5. The molecule has 3 rings (SSSR count). The van der Waals surface area contributed by atoms with E-state index in [0.29, 0.717) is 12.4 Å². The fourth-order valence-electron chi connectivity index (χ4n) is 2.72. The van der Waals surface area contributed by atoms with Gasteiger partial charge in [-0.25, -0.2) is 4.68 Å². The molecule has 0 saturated heterocycles. The number of hydrogen-bond acceptors (Lipinski definition) is 5. The SMILES string of the molecule is Cc1cc(CNC(=O)C2CCCCn3nnnc32)cnc1C. The summed E-state index contributed by atoms with van der Waals surface area (Å²) in [5, 5.41) is 14.7. The van der Waals surface area contributed by atoms with E-state index in [1.54, 1.807) is 10.9 Å². The highest BCUT2D eigenvalue weighted by atomic mass is 16.1. The van der Waals surface area contributed by atoms with E-state index in [1.807, 2.05) is 13.8 Å². The van der Waals surface area contributed by atoms with Crippen LogP contribution in [-0.2, 0) is 17.9 Å². The minimum Gasteiger partial charge on any atom is -0.351 e. The maximum absolute atomic E-state index is 12.5. The predicted molar refractivity (Wildman–Crippen MR) is 80.0 cm³/mol. The third-order valence-electron chi connectivity index (χ3n) is 4.16. The molecule has 0 radical (unpaired) electrons. The summed E-state index contributed by atoms with van der Waals surface area (Å²) in [4.78, 5) is 16.8. The molecule has 0 aromatic carbocycles. The van der Waals surface area contributed by atoms with Crippen molar-refractivity contribution >= 4 is 5.91 Å². The summed E-state index contributed by atoms with van der Waals surface area (Å²) in [7, 11) is 0. The maximum Gasteiger partial charge on any atom is 0.231 e. The van der Waals surface area contributed by atoms with E-state index >= 15 is 0 Å². The molecule has 2 aromatic heterocycles. The Balaban J connectivity index is 1.68. The Morgan fingerprint density at radius 3 is 3.09 bits per heavy atom. The summed E-state index contributed by atoms with van der Waals surface area (Å²) < 4.78 is 1.74. The summed E-state index contributed by atoms with van der Waals surface area (Å²) >= 11 is 0. The number of carbonyl (C=O) groups is 1. The van der Waals surface area contributed by atoms with Crippen molar-refractivity contribution < 1.29 is 4.79 Å². The summed E-state index contributed by atoms with van der Waals surface area (Å²) in [5.74, 6) is 0.390. The van der Waals surface area contributed by atoms with Crippen LogP contribution in [0.2, 0.25) is 0 Å². The average molecular weight is 300 g/mol. The summed E-state index contributed by atoms with van der Waals surface area (Å²) in [6.07, 6.45) is 4.59. The topological polar surface area (TPSA) is 85.6 Å². The van der Waals surface area contributed by atoms with Gasteiger partial charge in [-0.3, -0.25) is 9.78 Å². The van der Waals surface area contributed by atoms with E-state index in [1.165, 1.54) is 0 Å². The van der Waals surface area contributed by atoms with Crippen LogP contribution in [0.3, 0.4) is 0 Å². The highest BCUT2D eigenvalue weighted by Gasteiger charge is 2.28. The number of rotatable bonds is 3. The molecule has 1 aliphatic rings. The molecule has 1 atom stereocenters. The third-order valence-corrected chi connectivity index (χ3v) is 4.16. The molecule has 2 aromatic rings. The lowest BCUT2D eigenvalue weighted by Crippen LogP contribution is -2.30. The molecule has 3 heterocycles. The Morgan fingerprint density at radius 1 is 1.41 bits per heavy atom. The first-order valence-corrected chi connectivity index (χ1v) is 7.61. The van der Waals surface area contributed by atoms with Gasteiger partial charge < -0.3 is 5.32 Å². The van der Waals surface area contributed by atoms with E-state index in [9.17, 15) is 4.79 Å². The van der Waals surface area contributed by atoms with Gasteiger partial charge in [0.05, 0.1) is 5.92 Å². The predicted octanol–water partition coefficient (Wildman–Crippen LogP) is 1.27.